The maximum Gasteiger partial charge on any atom is 0.330 e. The Morgan fingerprint density at radius 2 is 2.11 bits per heavy atom. The summed E-state index contributed by atoms with van der Waals surface area (Å²) in [6.45, 7) is 1.39. The van der Waals surface area contributed by atoms with E-state index < -0.39 is 19.0 Å². The average Bonchev–Trinajstić information content (AvgIpc) is 3.03. The maximum absolute atomic E-state index is 12.8. The highest BCUT2D eigenvalue weighted by Crippen LogP contribution is 2.23. The van der Waals surface area contributed by atoms with Crippen LogP contribution < -0.4 is 5.32 Å². The molecule has 5 nitrogen and oxygen atoms in total. The van der Waals surface area contributed by atoms with E-state index in [-0.39, 0.29) is 12.5 Å². The number of carbonyl (C=O) groups excluding carboxylic acids is 1. The number of amides is 1. The van der Waals surface area contributed by atoms with E-state index in [1.807, 2.05) is 17.7 Å². The van der Waals surface area contributed by atoms with Gasteiger partial charge in [-0.2, -0.15) is 13.9 Å². The molecule has 0 saturated carbocycles. The van der Waals surface area contributed by atoms with Crippen molar-refractivity contribution in [2.24, 2.45) is 0 Å². The lowest BCUT2D eigenvalue weighted by Gasteiger charge is -2.15. The van der Waals surface area contributed by atoms with Crippen LogP contribution >= 0.6 is 0 Å². The number of alkyl halides is 4. The molecule has 9 heteroatoms. The zero-order valence-corrected chi connectivity index (χ0v) is 14.8. The van der Waals surface area contributed by atoms with Crippen LogP contribution in [0.25, 0.3) is 0 Å². The summed E-state index contributed by atoms with van der Waals surface area (Å²) < 4.78 is 56.3. The van der Waals surface area contributed by atoms with Gasteiger partial charge in [-0.3, -0.25) is 9.48 Å². The molecule has 0 aliphatic rings. The Morgan fingerprint density at radius 1 is 1.33 bits per heavy atom. The van der Waals surface area contributed by atoms with E-state index in [1.165, 1.54) is 6.07 Å². The molecule has 0 radical (unpaired) electrons. The van der Waals surface area contributed by atoms with Crippen LogP contribution in [0, 0.1) is 6.92 Å². The lowest BCUT2D eigenvalue weighted by molar-refractivity contribution is -0.168. The third kappa shape index (κ3) is 6.35. The Hall–Kier alpha value is -2.42. The predicted octanol–water partition coefficient (Wildman–Crippen LogP) is 3.43. The van der Waals surface area contributed by atoms with E-state index in [0.29, 0.717) is 30.6 Å². The van der Waals surface area contributed by atoms with Crippen LogP contribution in [-0.2, 0) is 17.9 Å². The molecule has 0 bridgehead atoms. The number of halogens is 4. The summed E-state index contributed by atoms with van der Waals surface area (Å²) in [6.07, 6.45) is -1.38. The molecular weight excluding hydrogens is 366 g/mol. The van der Waals surface area contributed by atoms with Crippen LogP contribution in [0.3, 0.4) is 0 Å². The summed E-state index contributed by atoms with van der Waals surface area (Å²) in [5, 5.41) is 6.91. The molecule has 2 rings (SSSR count). The second-order valence-electron chi connectivity index (χ2n) is 6.06. The van der Waals surface area contributed by atoms with Gasteiger partial charge >= 0.3 is 12.3 Å². The van der Waals surface area contributed by atoms with Crippen LogP contribution in [0.4, 0.5) is 17.6 Å². The van der Waals surface area contributed by atoms with Crippen molar-refractivity contribution in [1.29, 1.82) is 0 Å². The Bertz CT molecular complexity index is 750. The normalized spacial score (nSPS) is 11.8. The van der Waals surface area contributed by atoms with Crippen LogP contribution in [0.1, 0.15) is 28.0 Å². The number of hydrogen-bond acceptors (Lipinski definition) is 3. The van der Waals surface area contributed by atoms with E-state index in [4.69, 9.17) is 0 Å². The van der Waals surface area contributed by atoms with Crippen molar-refractivity contribution in [2.75, 3.05) is 13.2 Å². The monoisotopic (exact) mass is 387 g/mol. The third-order valence-corrected chi connectivity index (χ3v) is 3.83. The summed E-state index contributed by atoms with van der Waals surface area (Å²) in [4.78, 5) is 12.2. The highest BCUT2D eigenvalue weighted by molar-refractivity contribution is 5.94. The Morgan fingerprint density at radius 3 is 2.78 bits per heavy atom. The molecule has 0 spiro atoms. The molecule has 0 unspecified atom stereocenters. The van der Waals surface area contributed by atoms with Gasteiger partial charge in [0.1, 0.15) is 6.61 Å². The number of carbonyl (C=O) groups is 1. The smallest absolute Gasteiger partial charge is 0.330 e. The molecule has 1 aromatic heterocycles. The number of aryl methyl sites for hydroxylation is 2. The quantitative estimate of drug-likeness (QED) is 0.502. The molecule has 0 fully saturated rings. The van der Waals surface area contributed by atoms with Gasteiger partial charge in [-0.05, 0) is 37.1 Å². The molecular formula is C18H21F4N3O2. The van der Waals surface area contributed by atoms with Crippen LogP contribution in [0.5, 0.6) is 0 Å². The highest BCUT2D eigenvalue weighted by Gasteiger charge is 2.40. The van der Waals surface area contributed by atoms with Gasteiger partial charge in [0.25, 0.3) is 5.91 Å². The minimum absolute atomic E-state index is 0.290. The number of nitrogens with zero attached hydrogens (tertiary/aromatic N) is 2. The van der Waals surface area contributed by atoms with Crippen molar-refractivity contribution >= 4 is 5.91 Å². The van der Waals surface area contributed by atoms with Crippen molar-refractivity contribution in [1.82, 2.24) is 15.1 Å². The van der Waals surface area contributed by atoms with Gasteiger partial charge in [0.15, 0.2) is 0 Å². The number of ether oxygens (including phenoxy) is 1. The fraction of sp³-hybridized carbons (Fsp3) is 0.444. The topological polar surface area (TPSA) is 56.2 Å². The highest BCUT2D eigenvalue weighted by atomic mass is 19.3. The molecule has 148 valence electrons. The first-order chi connectivity index (χ1) is 12.8. The molecule has 1 aromatic carbocycles. The van der Waals surface area contributed by atoms with Gasteiger partial charge in [-0.25, -0.2) is 8.78 Å². The van der Waals surface area contributed by atoms with E-state index in [1.54, 1.807) is 24.4 Å². The minimum Gasteiger partial charge on any atom is -0.370 e. The summed E-state index contributed by atoms with van der Waals surface area (Å²) in [5.41, 5.74) is 1.82. The summed E-state index contributed by atoms with van der Waals surface area (Å²) in [7, 11) is 0. The van der Waals surface area contributed by atoms with Crippen molar-refractivity contribution in [3.63, 3.8) is 0 Å². The molecule has 0 atom stereocenters. The largest absolute Gasteiger partial charge is 0.370 e. The molecule has 0 saturated heterocycles. The molecule has 2 aromatic rings. The van der Waals surface area contributed by atoms with E-state index >= 15 is 0 Å². The van der Waals surface area contributed by atoms with Gasteiger partial charge in [0, 0.05) is 30.5 Å². The number of nitrogens with one attached hydrogen (secondary N) is 1. The number of hydrogen-bond donors (Lipinski definition) is 1. The first kappa shape index (κ1) is 20.9. The zero-order valence-electron chi connectivity index (χ0n) is 14.8. The van der Waals surface area contributed by atoms with Crippen LogP contribution in [0.15, 0.2) is 36.5 Å². The Kier molecular flexibility index (Phi) is 7.35. The van der Waals surface area contributed by atoms with E-state index in [2.05, 4.69) is 15.2 Å². The lowest BCUT2D eigenvalue weighted by Crippen LogP contribution is -2.32. The second kappa shape index (κ2) is 9.50. The van der Waals surface area contributed by atoms with Crippen LogP contribution in [0.2, 0.25) is 0 Å². The first-order valence-electron chi connectivity index (χ1n) is 8.39. The van der Waals surface area contributed by atoms with Gasteiger partial charge in [0.2, 0.25) is 0 Å². The maximum atomic E-state index is 12.8. The van der Waals surface area contributed by atoms with Gasteiger partial charge < -0.3 is 10.1 Å². The van der Waals surface area contributed by atoms with E-state index in [9.17, 15) is 22.4 Å². The summed E-state index contributed by atoms with van der Waals surface area (Å²) in [5.74, 6) is -4.51. The molecule has 27 heavy (non-hydrogen) atoms. The van der Waals surface area contributed by atoms with Gasteiger partial charge in [-0.15, -0.1) is 0 Å². The van der Waals surface area contributed by atoms with Crippen molar-refractivity contribution < 1.29 is 27.1 Å². The minimum atomic E-state index is -4.19. The summed E-state index contributed by atoms with van der Waals surface area (Å²) in [6, 6.07) is 8.09. The Balaban J connectivity index is 1.78. The first-order valence-corrected chi connectivity index (χ1v) is 8.39. The molecule has 1 heterocycles. The zero-order chi connectivity index (χ0) is 19.9. The molecule has 1 amide bonds. The third-order valence-electron chi connectivity index (χ3n) is 3.83. The fourth-order valence-corrected chi connectivity index (χ4v) is 2.34. The Labute approximate surface area is 154 Å². The van der Waals surface area contributed by atoms with E-state index in [0.717, 1.165) is 5.69 Å². The van der Waals surface area contributed by atoms with Crippen molar-refractivity contribution in [2.45, 2.75) is 38.8 Å². The van der Waals surface area contributed by atoms with Crippen molar-refractivity contribution in [3.05, 3.63) is 53.3 Å². The predicted molar refractivity (Wildman–Crippen MR) is 91.0 cm³/mol. The number of benzene rings is 1. The molecule has 0 aliphatic heterocycles. The molecule has 0 aliphatic carbocycles. The lowest BCUT2D eigenvalue weighted by atomic mass is 10.1. The molecule has 1 N–H and O–H groups in total. The van der Waals surface area contributed by atoms with Gasteiger partial charge in [-0.1, -0.05) is 12.1 Å². The standard InChI is InChI=1S/C18H21F4N3O2/c1-13-6-8-24-25(13)9-3-7-23-16(26)15-5-2-4-14(10-15)11-27-12-18(21,22)17(19)20/h2,4-6,8,10,17H,3,7,9,11-12H2,1H3,(H,23,26). The van der Waals surface area contributed by atoms with Gasteiger partial charge in [0.05, 0.1) is 6.61 Å². The SMILES string of the molecule is Cc1ccnn1CCCNC(=O)c1cccc(COCC(F)(F)C(F)F)c1. The summed E-state index contributed by atoms with van der Waals surface area (Å²) >= 11 is 0. The van der Waals surface area contributed by atoms with Crippen molar-refractivity contribution in [3.8, 4) is 0 Å². The fourth-order valence-electron chi connectivity index (χ4n) is 2.34. The number of aromatic nitrogens is 2. The average molecular weight is 387 g/mol. The second-order valence-corrected chi connectivity index (χ2v) is 6.06. The number of rotatable bonds is 10. The van der Waals surface area contributed by atoms with Crippen LogP contribution in [-0.4, -0.2) is 41.2 Å².